The van der Waals surface area contributed by atoms with Crippen LogP contribution in [0.4, 0.5) is 0 Å². The van der Waals surface area contributed by atoms with Crippen LogP contribution in [0.25, 0.3) is 0 Å². The molecule has 0 spiro atoms. The van der Waals surface area contributed by atoms with E-state index in [0.717, 1.165) is 25.4 Å². The van der Waals surface area contributed by atoms with Gasteiger partial charge in [-0.15, -0.1) is 0 Å². The van der Waals surface area contributed by atoms with E-state index in [4.69, 9.17) is 4.42 Å². The van der Waals surface area contributed by atoms with Crippen LogP contribution in [0.5, 0.6) is 0 Å². The first-order valence-electron chi connectivity index (χ1n) is 6.21. The zero-order chi connectivity index (χ0) is 11.8. The van der Waals surface area contributed by atoms with Gasteiger partial charge in [-0.2, -0.15) is 0 Å². The molecule has 0 bridgehead atoms. The van der Waals surface area contributed by atoms with Crippen molar-refractivity contribution < 1.29 is 4.42 Å². The summed E-state index contributed by atoms with van der Waals surface area (Å²) < 4.78 is 5.26. The largest absolute Gasteiger partial charge is 0.468 e. The van der Waals surface area contributed by atoms with Crippen molar-refractivity contribution in [3.8, 4) is 0 Å². The first-order chi connectivity index (χ1) is 7.74. The fraction of sp³-hybridized carbons (Fsp3) is 0.692. The van der Waals surface area contributed by atoms with Gasteiger partial charge in [0.05, 0.1) is 12.8 Å². The number of furan rings is 1. The predicted octanol–water partition coefficient (Wildman–Crippen LogP) is 2.49. The minimum atomic E-state index is 0.630. The molecule has 0 amide bonds. The smallest absolute Gasteiger partial charge is 0.117 e. The van der Waals surface area contributed by atoms with Crippen LogP contribution in [-0.2, 0) is 6.54 Å². The SMILES string of the molecule is CCCN(CCNCc1ccco1)C(C)C. The van der Waals surface area contributed by atoms with E-state index in [1.807, 2.05) is 12.1 Å². The Hall–Kier alpha value is -0.800. The summed E-state index contributed by atoms with van der Waals surface area (Å²) in [6.45, 7) is 10.9. The summed E-state index contributed by atoms with van der Waals surface area (Å²) in [5.41, 5.74) is 0. The van der Waals surface area contributed by atoms with Crippen LogP contribution in [0.2, 0.25) is 0 Å². The van der Waals surface area contributed by atoms with E-state index >= 15 is 0 Å². The lowest BCUT2D eigenvalue weighted by Gasteiger charge is -2.25. The van der Waals surface area contributed by atoms with E-state index in [9.17, 15) is 0 Å². The highest BCUT2D eigenvalue weighted by atomic mass is 16.3. The Bertz CT molecular complexity index is 257. The van der Waals surface area contributed by atoms with Gasteiger partial charge in [0.25, 0.3) is 0 Å². The molecule has 0 aromatic carbocycles. The average Bonchev–Trinajstić information content (AvgIpc) is 2.75. The number of nitrogens with one attached hydrogen (secondary N) is 1. The van der Waals surface area contributed by atoms with Crippen molar-refractivity contribution >= 4 is 0 Å². The maximum atomic E-state index is 5.26. The fourth-order valence-corrected chi connectivity index (χ4v) is 1.76. The average molecular weight is 224 g/mol. The Morgan fingerprint density at radius 1 is 1.38 bits per heavy atom. The molecular weight excluding hydrogens is 200 g/mol. The molecule has 0 fully saturated rings. The van der Waals surface area contributed by atoms with Crippen LogP contribution in [0.3, 0.4) is 0 Å². The van der Waals surface area contributed by atoms with E-state index in [2.05, 4.69) is 31.0 Å². The van der Waals surface area contributed by atoms with Crippen LogP contribution in [0.15, 0.2) is 22.8 Å². The zero-order valence-electron chi connectivity index (χ0n) is 10.7. The molecule has 0 saturated heterocycles. The predicted molar refractivity (Wildman–Crippen MR) is 67.4 cm³/mol. The molecule has 0 saturated carbocycles. The van der Waals surface area contributed by atoms with Crippen molar-refractivity contribution in [2.24, 2.45) is 0 Å². The summed E-state index contributed by atoms with van der Waals surface area (Å²) in [5, 5.41) is 3.40. The van der Waals surface area contributed by atoms with Crippen molar-refractivity contribution in [1.29, 1.82) is 0 Å². The fourth-order valence-electron chi connectivity index (χ4n) is 1.76. The van der Waals surface area contributed by atoms with Gasteiger partial charge < -0.3 is 9.73 Å². The second kappa shape index (κ2) is 7.47. The highest BCUT2D eigenvalue weighted by Crippen LogP contribution is 2.00. The third kappa shape index (κ3) is 4.81. The Kier molecular flexibility index (Phi) is 6.19. The first kappa shape index (κ1) is 13.3. The Balaban J connectivity index is 2.13. The van der Waals surface area contributed by atoms with Gasteiger partial charge in [0.15, 0.2) is 0 Å². The molecule has 0 aliphatic carbocycles. The number of nitrogens with zero attached hydrogens (tertiary/aromatic N) is 1. The molecule has 0 atom stereocenters. The summed E-state index contributed by atoms with van der Waals surface area (Å²) in [4.78, 5) is 2.50. The standard InChI is InChI=1S/C13H24N2O/c1-4-8-15(12(2)3)9-7-14-11-13-6-5-10-16-13/h5-6,10,12,14H,4,7-9,11H2,1-3H3. The van der Waals surface area contributed by atoms with E-state index in [-0.39, 0.29) is 0 Å². The zero-order valence-corrected chi connectivity index (χ0v) is 10.7. The minimum Gasteiger partial charge on any atom is -0.468 e. The highest BCUT2D eigenvalue weighted by Gasteiger charge is 2.06. The quantitative estimate of drug-likeness (QED) is 0.688. The third-order valence-electron chi connectivity index (χ3n) is 2.70. The van der Waals surface area contributed by atoms with E-state index in [1.165, 1.54) is 13.0 Å². The topological polar surface area (TPSA) is 28.4 Å². The van der Waals surface area contributed by atoms with Crippen molar-refractivity contribution in [3.05, 3.63) is 24.2 Å². The summed E-state index contributed by atoms with van der Waals surface area (Å²) >= 11 is 0. The molecule has 0 radical (unpaired) electrons. The molecule has 92 valence electrons. The molecule has 3 nitrogen and oxygen atoms in total. The van der Waals surface area contributed by atoms with Gasteiger partial charge in [-0.3, -0.25) is 4.90 Å². The first-order valence-corrected chi connectivity index (χ1v) is 6.21. The maximum absolute atomic E-state index is 5.26. The maximum Gasteiger partial charge on any atom is 0.117 e. The normalized spacial score (nSPS) is 11.6. The summed E-state index contributed by atoms with van der Waals surface area (Å²) in [6.07, 6.45) is 2.94. The Morgan fingerprint density at radius 2 is 2.19 bits per heavy atom. The molecule has 0 unspecified atom stereocenters. The molecule has 0 aliphatic rings. The lowest BCUT2D eigenvalue weighted by Crippen LogP contribution is -2.37. The van der Waals surface area contributed by atoms with Gasteiger partial charge in [-0.1, -0.05) is 6.92 Å². The summed E-state index contributed by atoms with van der Waals surface area (Å²) in [7, 11) is 0. The molecule has 16 heavy (non-hydrogen) atoms. The molecule has 3 heteroatoms. The molecule has 1 aromatic rings. The Labute approximate surface area is 98.8 Å². The molecule has 1 N–H and O–H groups in total. The van der Waals surface area contributed by atoms with Gasteiger partial charge >= 0.3 is 0 Å². The second-order valence-corrected chi connectivity index (χ2v) is 4.39. The number of rotatable bonds is 8. The van der Waals surface area contributed by atoms with E-state index in [0.29, 0.717) is 6.04 Å². The lowest BCUT2D eigenvalue weighted by atomic mass is 10.3. The van der Waals surface area contributed by atoms with Gasteiger partial charge in [0, 0.05) is 19.1 Å². The van der Waals surface area contributed by atoms with Crippen LogP contribution in [0, 0.1) is 0 Å². The third-order valence-corrected chi connectivity index (χ3v) is 2.70. The van der Waals surface area contributed by atoms with Gasteiger partial charge in [0.1, 0.15) is 5.76 Å². The Morgan fingerprint density at radius 3 is 2.75 bits per heavy atom. The number of hydrogen-bond acceptors (Lipinski definition) is 3. The monoisotopic (exact) mass is 224 g/mol. The lowest BCUT2D eigenvalue weighted by molar-refractivity contribution is 0.221. The summed E-state index contributed by atoms with van der Waals surface area (Å²) in [5.74, 6) is 1.01. The molecular formula is C13H24N2O. The molecule has 0 aliphatic heterocycles. The van der Waals surface area contributed by atoms with Gasteiger partial charge in [-0.05, 0) is 38.9 Å². The molecule has 1 rings (SSSR count). The molecule has 1 aromatic heterocycles. The van der Waals surface area contributed by atoms with Gasteiger partial charge in [0.2, 0.25) is 0 Å². The second-order valence-electron chi connectivity index (χ2n) is 4.39. The minimum absolute atomic E-state index is 0.630. The van der Waals surface area contributed by atoms with Crippen molar-refractivity contribution in [1.82, 2.24) is 10.2 Å². The van der Waals surface area contributed by atoms with Crippen LogP contribution >= 0.6 is 0 Å². The van der Waals surface area contributed by atoms with Crippen LogP contribution in [0.1, 0.15) is 33.0 Å². The van der Waals surface area contributed by atoms with Gasteiger partial charge in [-0.25, -0.2) is 0 Å². The van der Waals surface area contributed by atoms with Crippen molar-refractivity contribution in [2.75, 3.05) is 19.6 Å². The molecule has 1 heterocycles. The van der Waals surface area contributed by atoms with Crippen molar-refractivity contribution in [3.63, 3.8) is 0 Å². The van der Waals surface area contributed by atoms with E-state index in [1.54, 1.807) is 6.26 Å². The van der Waals surface area contributed by atoms with E-state index < -0.39 is 0 Å². The van der Waals surface area contributed by atoms with Crippen LogP contribution in [-0.4, -0.2) is 30.6 Å². The summed E-state index contributed by atoms with van der Waals surface area (Å²) in [6, 6.07) is 4.55. The van der Waals surface area contributed by atoms with Crippen LogP contribution < -0.4 is 5.32 Å². The van der Waals surface area contributed by atoms with Crippen molar-refractivity contribution in [2.45, 2.75) is 39.8 Å². The highest BCUT2D eigenvalue weighted by molar-refractivity contribution is 4.97. The number of hydrogen-bond donors (Lipinski definition) is 1.